The van der Waals surface area contributed by atoms with Gasteiger partial charge >= 0.3 is 0 Å². The van der Waals surface area contributed by atoms with Gasteiger partial charge in [-0.15, -0.1) is 0 Å². The van der Waals surface area contributed by atoms with Crippen molar-refractivity contribution >= 4 is 32.6 Å². The molecular formula is C20H17FN4OS. The Morgan fingerprint density at radius 2 is 1.96 bits per heavy atom. The molecule has 0 atom stereocenters. The van der Waals surface area contributed by atoms with Gasteiger partial charge in [-0.25, -0.2) is 9.37 Å². The van der Waals surface area contributed by atoms with Gasteiger partial charge in [-0.2, -0.15) is 5.10 Å². The van der Waals surface area contributed by atoms with E-state index in [4.69, 9.17) is 0 Å². The molecule has 0 N–H and O–H groups in total. The van der Waals surface area contributed by atoms with Gasteiger partial charge in [0.25, 0.3) is 5.91 Å². The molecule has 5 nitrogen and oxygen atoms in total. The summed E-state index contributed by atoms with van der Waals surface area (Å²) in [5.41, 5.74) is 1.58. The SMILES string of the molecule is CCn1ccc(C(=O)N(Cc2ccccc2)c2nc3c(F)cccc3s2)n1. The van der Waals surface area contributed by atoms with Crippen LogP contribution in [0, 0.1) is 5.82 Å². The predicted molar refractivity (Wildman–Crippen MR) is 104 cm³/mol. The third-order valence-corrected chi connectivity index (χ3v) is 5.25. The van der Waals surface area contributed by atoms with Crippen LogP contribution in [0.2, 0.25) is 0 Å². The lowest BCUT2D eigenvalue weighted by molar-refractivity contribution is 0.0979. The molecule has 0 fully saturated rings. The van der Waals surface area contributed by atoms with Gasteiger partial charge in [0.15, 0.2) is 10.8 Å². The van der Waals surface area contributed by atoms with Crippen molar-refractivity contribution in [3.63, 3.8) is 0 Å². The second-order valence-corrected chi connectivity index (χ2v) is 7.03. The Balaban J connectivity index is 1.76. The van der Waals surface area contributed by atoms with Crippen LogP contribution in [0.3, 0.4) is 0 Å². The molecule has 2 aromatic heterocycles. The molecule has 27 heavy (non-hydrogen) atoms. The first-order chi connectivity index (χ1) is 13.2. The van der Waals surface area contributed by atoms with Crippen molar-refractivity contribution in [3.05, 3.63) is 77.9 Å². The summed E-state index contributed by atoms with van der Waals surface area (Å²) in [6.45, 7) is 2.97. The minimum absolute atomic E-state index is 0.259. The Kier molecular flexibility index (Phi) is 4.68. The maximum Gasteiger partial charge on any atom is 0.280 e. The second kappa shape index (κ2) is 7.28. The zero-order chi connectivity index (χ0) is 18.8. The molecule has 136 valence electrons. The molecule has 0 spiro atoms. The van der Waals surface area contributed by atoms with Crippen LogP contribution >= 0.6 is 11.3 Å². The van der Waals surface area contributed by atoms with Crippen molar-refractivity contribution in [1.82, 2.24) is 14.8 Å². The molecule has 4 rings (SSSR count). The normalized spacial score (nSPS) is 11.0. The molecule has 4 aromatic rings. The van der Waals surface area contributed by atoms with Crippen LogP contribution in [0.15, 0.2) is 60.8 Å². The Bertz CT molecular complexity index is 1090. The number of fused-ring (bicyclic) bond motifs is 1. The van der Waals surface area contributed by atoms with E-state index in [0.717, 1.165) is 5.56 Å². The third-order valence-electron chi connectivity index (χ3n) is 4.20. The number of hydrogen-bond acceptors (Lipinski definition) is 4. The van der Waals surface area contributed by atoms with Crippen LogP contribution in [0.1, 0.15) is 23.0 Å². The maximum absolute atomic E-state index is 14.1. The average molecular weight is 380 g/mol. The number of thiazole rings is 1. The molecule has 1 amide bonds. The summed E-state index contributed by atoms with van der Waals surface area (Å²) < 4.78 is 16.5. The fourth-order valence-electron chi connectivity index (χ4n) is 2.80. The number of rotatable bonds is 5. The van der Waals surface area contributed by atoms with Gasteiger partial charge in [0.1, 0.15) is 11.3 Å². The predicted octanol–water partition coefficient (Wildman–Crippen LogP) is 4.50. The van der Waals surface area contributed by atoms with Gasteiger partial charge in [0.05, 0.1) is 11.2 Å². The lowest BCUT2D eigenvalue weighted by atomic mass is 10.2. The molecule has 2 aromatic carbocycles. The van der Waals surface area contributed by atoms with Crippen molar-refractivity contribution in [1.29, 1.82) is 0 Å². The van der Waals surface area contributed by atoms with Crippen molar-refractivity contribution in [2.75, 3.05) is 4.90 Å². The third kappa shape index (κ3) is 3.46. The topological polar surface area (TPSA) is 51.0 Å². The Hall–Kier alpha value is -3.06. The standard InChI is InChI=1S/C20H17FN4OS/c1-2-24-12-11-16(23-24)19(26)25(13-14-7-4-3-5-8-14)20-22-18-15(21)9-6-10-17(18)27-20/h3-12H,2,13H2,1H3. The van der Waals surface area contributed by atoms with E-state index >= 15 is 0 Å². The van der Waals surface area contributed by atoms with Crippen molar-refractivity contribution in [2.45, 2.75) is 20.0 Å². The number of aryl methyl sites for hydroxylation is 1. The Labute approximate surface area is 159 Å². The highest BCUT2D eigenvalue weighted by Crippen LogP contribution is 2.31. The molecule has 0 aliphatic rings. The number of amides is 1. The molecule has 0 aliphatic heterocycles. The van der Waals surface area contributed by atoms with Gasteiger partial charge in [0.2, 0.25) is 0 Å². The van der Waals surface area contributed by atoms with E-state index in [9.17, 15) is 9.18 Å². The summed E-state index contributed by atoms with van der Waals surface area (Å²) in [5, 5.41) is 4.77. The summed E-state index contributed by atoms with van der Waals surface area (Å²) in [5.74, 6) is -0.650. The molecular weight excluding hydrogens is 363 g/mol. The minimum atomic E-state index is -0.391. The van der Waals surface area contributed by atoms with Gasteiger partial charge < -0.3 is 0 Å². The van der Waals surface area contributed by atoms with E-state index in [-0.39, 0.29) is 11.4 Å². The van der Waals surface area contributed by atoms with E-state index in [0.29, 0.717) is 28.6 Å². The van der Waals surface area contributed by atoms with E-state index < -0.39 is 5.82 Å². The molecule has 0 aliphatic carbocycles. The number of para-hydroxylation sites is 1. The number of nitrogens with zero attached hydrogens (tertiary/aromatic N) is 4. The van der Waals surface area contributed by atoms with Crippen LogP contribution in [-0.4, -0.2) is 20.7 Å². The molecule has 0 unspecified atom stereocenters. The zero-order valence-corrected chi connectivity index (χ0v) is 15.5. The monoisotopic (exact) mass is 380 g/mol. The van der Waals surface area contributed by atoms with Crippen LogP contribution < -0.4 is 4.90 Å². The first kappa shape index (κ1) is 17.4. The van der Waals surface area contributed by atoms with Crippen LogP contribution in [0.4, 0.5) is 9.52 Å². The summed E-state index contributed by atoms with van der Waals surface area (Å²) >= 11 is 1.29. The van der Waals surface area contributed by atoms with Gasteiger partial charge in [0, 0.05) is 12.7 Å². The fourth-order valence-corrected chi connectivity index (χ4v) is 3.78. The number of halogens is 1. The zero-order valence-electron chi connectivity index (χ0n) is 14.7. The van der Waals surface area contributed by atoms with E-state index in [1.807, 2.05) is 37.3 Å². The molecule has 0 radical (unpaired) electrons. The number of hydrogen-bond donors (Lipinski definition) is 0. The summed E-state index contributed by atoms with van der Waals surface area (Å²) in [7, 11) is 0. The largest absolute Gasteiger partial charge is 0.280 e. The molecule has 0 saturated carbocycles. The first-order valence-electron chi connectivity index (χ1n) is 8.60. The van der Waals surface area contributed by atoms with Crippen LogP contribution in [0.5, 0.6) is 0 Å². The summed E-state index contributed by atoms with van der Waals surface area (Å²) in [6, 6.07) is 16.2. The van der Waals surface area contributed by atoms with Crippen LogP contribution in [0.25, 0.3) is 10.2 Å². The number of anilines is 1. The molecule has 7 heteroatoms. The maximum atomic E-state index is 14.1. The Morgan fingerprint density at radius 1 is 1.15 bits per heavy atom. The lowest BCUT2D eigenvalue weighted by Crippen LogP contribution is -2.30. The highest BCUT2D eigenvalue weighted by Gasteiger charge is 2.24. The van der Waals surface area contributed by atoms with Gasteiger partial charge in [-0.1, -0.05) is 47.7 Å². The van der Waals surface area contributed by atoms with E-state index in [1.165, 1.54) is 17.4 Å². The second-order valence-electron chi connectivity index (χ2n) is 6.02. The first-order valence-corrected chi connectivity index (χ1v) is 9.41. The van der Waals surface area contributed by atoms with Crippen LogP contribution in [-0.2, 0) is 13.1 Å². The fraction of sp³-hybridized carbons (Fsp3) is 0.150. The van der Waals surface area contributed by atoms with Crippen molar-refractivity contribution in [3.8, 4) is 0 Å². The molecule has 2 heterocycles. The smallest absolute Gasteiger partial charge is 0.278 e. The summed E-state index contributed by atoms with van der Waals surface area (Å²) in [4.78, 5) is 19.1. The number of carbonyl (C=O) groups excluding carboxylic acids is 1. The van der Waals surface area contributed by atoms with Crippen molar-refractivity contribution < 1.29 is 9.18 Å². The quantitative estimate of drug-likeness (QED) is 0.512. The van der Waals surface area contributed by atoms with Gasteiger partial charge in [-0.3, -0.25) is 14.4 Å². The highest BCUT2D eigenvalue weighted by atomic mass is 32.1. The Morgan fingerprint density at radius 3 is 2.67 bits per heavy atom. The number of aromatic nitrogens is 3. The highest BCUT2D eigenvalue weighted by molar-refractivity contribution is 7.22. The van der Waals surface area contributed by atoms with Crippen molar-refractivity contribution in [2.24, 2.45) is 0 Å². The lowest BCUT2D eigenvalue weighted by Gasteiger charge is -2.19. The molecule has 0 bridgehead atoms. The number of benzene rings is 2. The number of carbonyl (C=O) groups is 1. The van der Waals surface area contributed by atoms with Gasteiger partial charge in [-0.05, 0) is 30.7 Å². The minimum Gasteiger partial charge on any atom is -0.278 e. The van der Waals surface area contributed by atoms with E-state index in [1.54, 1.807) is 34.0 Å². The van der Waals surface area contributed by atoms with E-state index in [2.05, 4.69) is 10.1 Å². The summed E-state index contributed by atoms with van der Waals surface area (Å²) in [6.07, 6.45) is 1.77. The average Bonchev–Trinajstić information content (AvgIpc) is 3.34. The molecule has 0 saturated heterocycles.